The smallest absolute Gasteiger partial charge is 0.412 e. The Balaban J connectivity index is 1.45. The first-order valence-corrected chi connectivity index (χ1v) is 13.5. The number of pyridine rings is 2. The Bertz CT molecular complexity index is 1670. The highest BCUT2D eigenvalue weighted by atomic mass is 19.3. The molecule has 1 saturated carbocycles. The van der Waals surface area contributed by atoms with Crippen LogP contribution in [-0.2, 0) is 16.1 Å². The second-order valence-corrected chi connectivity index (χ2v) is 11.5. The average molecular weight is 581 g/mol. The number of hydrogen-bond acceptors (Lipinski definition) is 6. The third kappa shape index (κ3) is 6.07. The van der Waals surface area contributed by atoms with E-state index in [1.54, 1.807) is 57.6 Å². The summed E-state index contributed by atoms with van der Waals surface area (Å²) in [6.07, 6.45) is 4.23. The number of benzene rings is 1. The van der Waals surface area contributed by atoms with E-state index in [0.717, 1.165) is 11.1 Å². The predicted molar refractivity (Wildman–Crippen MR) is 152 cm³/mol. The van der Waals surface area contributed by atoms with Crippen LogP contribution in [0.1, 0.15) is 44.7 Å². The van der Waals surface area contributed by atoms with Crippen molar-refractivity contribution in [2.45, 2.75) is 59.1 Å². The molecule has 1 fully saturated rings. The van der Waals surface area contributed by atoms with Crippen molar-refractivity contribution in [3.63, 3.8) is 0 Å². The molecule has 220 valence electrons. The van der Waals surface area contributed by atoms with E-state index in [1.165, 1.54) is 17.1 Å². The molecule has 1 aromatic carbocycles. The summed E-state index contributed by atoms with van der Waals surface area (Å²) >= 11 is 0. The van der Waals surface area contributed by atoms with Gasteiger partial charge >= 0.3 is 6.09 Å². The number of aryl methyl sites for hydroxylation is 1. The highest BCUT2D eigenvalue weighted by Gasteiger charge is 2.53. The van der Waals surface area contributed by atoms with Gasteiger partial charge in [-0.15, -0.1) is 0 Å². The van der Waals surface area contributed by atoms with Crippen molar-refractivity contribution in [2.75, 3.05) is 10.6 Å². The molecule has 0 spiro atoms. The zero-order chi connectivity index (χ0) is 30.3. The molecule has 0 bridgehead atoms. The summed E-state index contributed by atoms with van der Waals surface area (Å²) in [7, 11) is 0. The first-order chi connectivity index (χ1) is 19.8. The fourth-order valence-electron chi connectivity index (χ4n) is 5.19. The van der Waals surface area contributed by atoms with Crippen LogP contribution >= 0.6 is 0 Å². The topological polar surface area (TPSA) is 111 Å². The molecular weight excluding hydrogens is 549 g/mol. The monoisotopic (exact) mass is 580 g/mol. The lowest BCUT2D eigenvalue weighted by atomic mass is 9.98. The predicted octanol–water partition coefficient (Wildman–Crippen LogP) is 6.54. The Hall–Kier alpha value is -4.48. The van der Waals surface area contributed by atoms with Crippen LogP contribution in [0.4, 0.5) is 29.5 Å². The minimum absolute atomic E-state index is 0.0199. The number of fused-ring (bicyclic) bond motifs is 1. The molecule has 9 nitrogen and oxygen atoms in total. The number of amides is 2. The Morgan fingerprint density at radius 1 is 1.12 bits per heavy atom. The average Bonchev–Trinajstić information content (AvgIpc) is 3.35. The quantitative estimate of drug-likeness (QED) is 0.257. The van der Waals surface area contributed by atoms with Crippen LogP contribution in [0.3, 0.4) is 0 Å². The maximum absolute atomic E-state index is 16.0. The van der Waals surface area contributed by atoms with Crippen LogP contribution in [0.25, 0.3) is 21.9 Å². The van der Waals surface area contributed by atoms with Crippen LogP contribution in [0.15, 0.2) is 49.2 Å². The van der Waals surface area contributed by atoms with Crippen LogP contribution < -0.4 is 10.6 Å². The largest absolute Gasteiger partial charge is 0.444 e. The van der Waals surface area contributed by atoms with Gasteiger partial charge in [0.25, 0.3) is 6.43 Å². The number of nitrogens with one attached hydrogen (secondary N) is 2. The van der Waals surface area contributed by atoms with Crippen LogP contribution in [0.2, 0.25) is 0 Å². The summed E-state index contributed by atoms with van der Waals surface area (Å²) in [6, 6.07) is 4.97. The van der Waals surface area contributed by atoms with Gasteiger partial charge in [0.15, 0.2) is 5.82 Å². The molecule has 3 aromatic heterocycles. The molecule has 3 unspecified atom stereocenters. The van der Waals surface area contributed by atoms with E-state index in [-0.39, 0.29) is 34.8 Å². The molecule has 2 amide bonds. The molecule has 1 aliphatic rings. The molecule has 0 saturated heterocycles. The standard InChI is InChI=1S/C30H31F3N6O3/c1-15-6-7-34-11-20(15)19-8-17-9-23(35-12-21(17)27(26(19)33)38-29(41)42-30(3,4)5)37-28(40)25-16(2)24(25)18-10-36-39(13-18)14-22(31)32/h6-13,16,22,24-25H,14H2,1-5H3,(H,38,41)(H,35,37,40). The Labute approximate surface area is 240 Å². The van der Waals surface area contributed by atoms with Crippen molar-refractivity contribution < 1.29 is 27.5 Å². The number of anilines is 2. The van der Waals surface area contributed by atoms with E-state index in [2.05, 4.69) is 25.7 Å². The van der Waals surface area contributed by atoms with Crippen LogP contribution in [0.5, 0.6) is 0 Å². The number of aromatic nitrogens is 4. The zero-order valence-electron chi connectivity index (χ0n) is 23.8. The number of rotatable bonds is 7. The summed E-state index contributed by atoms with van der Waals surface area (Å²) in [5, 5.41) is 10.2. The first kappa shape index (κ1) is 29.0. The van der Waals surface area contributed by atoms with Gasteiger partial charge in [-0.05, 0) is 68.3 Å². The van der Waals surface area contributed by atoms with E-state index < -0.39 is 36.4 Å². The molecule has 4 aromatic rings. The van der Waals surface area contributed by atoms with Crippen molar-refractivity contribution in [3.8, 4) is 11.1 Å². The van der Waals surface area contributed by atoms with Crippen molar-refractivity contribution in [1.82, 2.24) is 19.7 Å². The highest BCUT2D eigenvalue weighted by molar-refractivity contribution is 6.05. The Morgan fingerprint density at radius 2 is 1.88 bits per heavy atom. The lowest BCUT2D eigenvalue weighted by Gasteiger charge is -2.21. The van der Waals surface area contributed by atoms with Crippen LogP contribution in [0, 0.1) is 24.6 Å². The van der Waals surface area contributed by atoms with Gasteiger partial charge in [0.05, 0.1) is 11.9 Å². The summed E-state index contributed by atoms with van der Waals surface area (Å²) in [5.41, 5.74) is 1.33. The first-order valence-electron chi connectivity index (χ1n) is 13.5. The van der Waals surface area contributed by atoms with E-state index in [1.807, 2.05) is 13.8 Å². The molecule has 2 N–H and O–H groups in total. The molecule has 1 aliphatic carbocycles. The Morgan fingerprint density at radius 3 is 2.57 bits per heavy atom. The number of nitrogens with zero attached hydrogens (tertiary/aromatic N) is 4. The number of hydrogen-bond donors (Lipinski definition) is 2. The lowest BCUT2D eigenvalue weighted by Crippen LogP contribution is -2.27. The molecule has 3 atom stereocenters. The van der Waals surface area contributed by atoms with Crippen molar-refractivity contribution >= 4 is 34.3 Å². The number of carbonyl (C=O) groups excluding carboxylic acids is 2. The minimum Gasteiger partial charge on any atom is -0.444 e. The molecule has 0 aliphatic heterocycles. The third-order valence-corrected chi connectivity index (χ3v) is 7.21. The number of halogens is 3. The number of ether oxygens (including phenoxy) is 1. The van der Waals surface area contributed by atoms with Gasteiger partial charge in [0.1, 0.15) is 18.0 Å². The summed E-state index contributed by atoms with van der Waals surface area (Å²) in [6.45, 7) is 8.33. The van der Waals surface area contributed by atoms with Gasteiger partial charge in [-0.3, -0.25) is 19.8 Å². The zero-order valence-corrected chi connectivity index (χ0v) is 23.8. The summed E-state index contributed by atoms with van der Waals surface area (Å²) in [5.74, 6) is -1.28. The van der Waals surface area contributed by atoms with Gasteiger partial charge in [0.2, 0.25) is 5.91 Å². The van der Waals surface area contributed by atoms with E-state index in [4.69, 9.17) is 4.74 Å². The minimum atomic E-state index is -2.52. The molecule has 42 heavy (non-hydrogen) atoms. The maximum Gasteiger partial charge on any atom is 0.412 e. The van der Waals surface area contributed by atoms with Crippen molar-refractivity contribution in [1.29, 1.82) is 0 Å². The van der Waals surface area contributed by atoms with Crippen molar-refractivity contribution in [3.05, 3.63) is 66.1 Å². The molecule has 0 radical (unpaired) electrons. The summed E-state index contributed by atoms with van der Waals surface area (Å²) in [4.78, 5) is 34.3. The number of alkyl halides is 2. The SMILES string of the molecule is Cc1ccncc1-c1cc2cc(NC(=O)C3C(C)C3c3cnn(CC(F)F)c3)ncc2c(NC(=O)OC(C)(C)C)c1F. The van der Waals surface area contributed by atoms with Gasteiger partial charge in [0, 0.05) is 53.1 Å². The fraction of sp³-hybridized carbons (Fsp3) is 0.367. The van der Waals surface area contributed by atoms with Gasteiger partial charge in [-0.25, -0.2) is 22.9 Å². The highest BCUT2D eigenvalue weighted by Crippen LogP contribution is 2.54. The third-order valence-electron chi connectivity index (χ3n) is 7.21. The van der Waals surface area contributed by atoms with E-state index in [0.29, 0.717) is 16.3 Å². The van der Waals surface area contributed by atoms with Crippen LogP contribution in [-0.4, -0.2) is 43.8 Å². The van der Waals surface area contributed by atoms with Gasteiger partial charge in [-0.2, -0.15) is 5.10 Å². The second kappa shape index (κ2) is 11.1. The summed E-state index contributed by atoms with van der Waals surface area (Å²) < 4.78 is 47.9. The normalized spacial score (nSPS) is 18.3. The maximum atomic E-state index is 16.0. The molecule has 5 rings (SSSR count). The van der Waals surface area contributed by atoms with Gasteiger partial charge < -0.3 is 10.1 Å². The van der Waals surface area contributed by atoms with E-state index >= 15 is 4.39 Å². The Kier molecular flexibility index (Phi) is 7.65. The van der Waals surface area contributed by atoms with E-state index in [9.17, 15) is 18.4 Å². The molecular formula is C30H31F3N6O3. The van der Waals surface area contributed by atoms with Gasteiger partial charge in [-0.1, -0.05) is 6.92 Å². The molecule has 3 heterocycles. The van der Waals surface area contributed by atoms with Crippen molar-refractivity contribution in [2.24, 2.45) is 11.8 Å². The second-order valence-electron chi connectivity index (χ2n) is 11.5. The molecule has 12 heteroatoms. The fourth-order valence-corrected chi connectivity index (χ4v) is 5.19. The number of carbonyl (C=O) groups is 2. The lowest BCUT2D eigenvalue weighted by molar-refractivity contribution is -0.117.